The molecule has 0 aliphatic carbocycles. The predicted molar refractivity (Wildman–Crippen MR) is 77.6 cm³/mol. The minimum Gasteiger partial charge on any atom is -0.391 e. The molecule has 3 N–H and O–H groups in total. The normalized spacial score (nSPS) is 20.7. The molecule has 0 saturated carbocycles. The van der Waals surface area contributed by atoms with Crippen LogP contribution in [0.15, 0.2) is 30.3 Å². The lowest BCUT2D eigenvalue weighted by atomic mass is 10.0. The van der Waals surface area contributed by atoms with Gasteiger partial charge in [-0.25, -0.2) is 8.78 Å². The van der Waals surface area contributed by atoms with Crippen LogP contribution in [0, 0.1) is 11.6 Å². The Balaban J connectivity index is 1.92. The Labute approximate surface area is 130 Å². The number of hydrogen-bond donors (Lipinski definition) is 2. The summed E-state index contributed by atoms with van der Waals surface area (Å²) >= 11 is 0. The molecular weight excluding hydrogens is 306 g/mol. The number of nitrogens with two attached hydrogens (primary N) is 1. The summed E-state index contributed by atoms with van der Waals surface area (Å²) in [6, 6.07) is 6.24. The van der Waals surface area contributed by atoms with Gasteiger partial charge in [-0.15, -0.1) is 10.2 Å². The van der Waals surface area contributed by atoms with Gasteiger partial charge in [-0.2, -0.15) is 0 Å². The average Bonchev–Trinajstić information content (AvgIpc) is 2.92. The quantitative estimate of drug-likeness (QED) is 0.885. The molecule has 1 aliphatic rings. The number of hydrogen-bond acceptors (Lipinski definition) is 5. The van der Waals surface area contributed by atoms with Crippen molar-refractivity contribution < 1.29 is 18.7 Å². The van der Waals surface area contributed by atoms with E-state index in [1.54, 1.807) is 11.0 Å². The largest absolute Gasteiger partial charge is 0.391 e. The maximum absolute atomic E-state index is 13.5. The number of amides is 1. The minimum atomic E-state index is -0.945. The molecule has 0 spiro atoms. The molecule has 1 aromatic carbocycles. The lowest BCUT2D eigenvalue weighted by molar-refractivity contribution is 0.0994. The van der Waals surface area contributed by atoms with E-state index in [1.807, 2.05) is 0 Å². The fourth-order valence-electron chi connectivity index (χ4n) is 2.71. The van der Waals surface area contributed by atoms with E-state index >= 15 is 0 Å². The van der Waals surface area contributed by atoms with Gasteiger partial charge in [0.1, 0.15) is 0 Å². The van der Waals surface area contributed by atoms with Crippen molar-refractivity contribution in [3.05, 3.63) is 53.2 Å². The van der Waals surface area contributed by atoms with Gasteiger partial charge in [0.25, 0.3) is 5.91 Å². The van der Waals surface area contributed by atoms with Crippen molar-refractivity contribution in [3.63, 3.8) is 0 Å². The number of primary amides is 1. The molecule has 8 heteroatoms. The molecule has 0 bridgehead atoms. The molecule has 3 rings (SSSR count). The van der Waals surface area contributed by atoms with Gasteiger partial charge in [0.05, 0.1) is 12.1 Å². The van der Waals surface area contributed by atoms with Gasteiger partial charge < -0.3 is 15.7 Å². The number of aliphatic hydroxyl groups excluding tert-OH is 1. The van der Waals surface area contributed by atoms with E-state index in [0.717, 1.165) is 12.1 Å². The molecule has 2 atom stereocenters. The fourth-order valence-corrected chi connectivity index (χ4v) is 2.71. The van der Waals surface area contributed by atoms with E-state index in [1.165, 1.54) is 12.1 Å². The van der Waals surface area contributed by atoms with Crippen LogP contribution >= 0.6 is 0 Å². The van der Waals surface area contributed by atoms with E-state index < -0.39 is 23.6 Å². The number of aliphatic hydroxyl groups is 1. The Morgan fingerprint density at radius 2 is 2.00 bits per heavy atom. The van der Waals surface area contributed by atoms with Crippen LogP contribution in [0.5, 0.6) is 0 Å². The average molecular weight is 320 g/mol. The Hall–Kier alpha value is -2.61. The van der Waals surface area contributed by atoms with Crippen molar-refractivity contribution >= 4 is 11.7 Å². The van der Waals surface area contributed by atoms with Crippen molar-refractivity contribution in [2.24, 2.45) is 5.73 Å². The topological polar surface area (TPSA) is 92.3 Å². The number of nitrogens with zero attached hydrogens (tertiary/aromatic N) is 3. The van der Waals surface area contributed by atoms with Crippen LogP contribution in [0.4, 0.5) is 14.6 Å². The Morgan fingerprint density at radius 1 is 1.22 bits per heavy atom. The van der Waals surface area contributed by atoms with Crippen LogP contribution in [0.3, 0.4) is 0 Å². The Kier molecular flexibility index (Phi) is 3.91. The van der Waals surface area contributed by atoms with E-state index in [9.17, 15) is 18.7 Å². The second-order valence-electron chi connectivity index (χ2n) is 5.37. The maximum atomic E-state index is 13.5. The summed E-state index contributed by atoms with van der Waals surface area (Å²) in [7, 11) is 0. The third kappa shape index (κ3) is 2.98. The highest BCUT2D eigenvalue weighted by Crippen LogP contribution is 2.35. The number of β-amino-alcohol motifs (C(OH)–C–C–N with tert-alkyl or cyclic N) is 1. The molecule has 1 saturated heterocycles. The van der Waals surface area contributed by atoms with Crippen molar-refractivity contribution in [2.45, 2.75) is 18.6 Å². The molecule has 2 heterocycles. The van der Waals surface area contributed by atoms with Gasteiger partial charge in [-0.1, -0.05) is 6.07 Å². The summed E-state index contributed by atoms with van der Waals surface area (Å²) < 4.78 is 26.6. The zero-order chi connectivity index (χ0) is 16.6. The van der Waals surface area contributed by atoms with Gasteiger partial charge in [-0.3, -0.25) is 4.79 Å². The van der Waals surface area contributed by atoms with Crippen molar-refractivity contribution in [1.82, 2.24) is 10.2 Å². The van der Waals surface area contributed by atoms with Crippen LogP contribution in [0.2, 0.25) is 0 Å². The first-order valence-electron chi connectivity index (χ1n) is 6.99. The second kappa shape index (κ2) is 5.88. The number of benzene rings is 1. The van der Waals surface area contributed by atoms with Crippen LogP contribution in [-0.4, -0.2) is 33.9 Å². The zero-order valence-corrected chi connectivity index (χ0v) is 12.0. The number of anilines is 1. The lowest BCUT2D eigenvalue weighted by Gasteiger charge is -2.25. The first-order chi connectivity index (χ1) is 11.0. The van der Waals surface area contributed by atoms with E-state index in [0.29, 0.717) is 17.8 Å². The van der Waals surface area contributed by atoms with Gasteiger partial charge in [0.2, 0.25) is 0 Å². The molecule has 1 aromatic heterocycles. The smallest absolute Gasteiger partial charge is 0.269 e. The molecule has 0 radical (unpaired) electrons. The Morgan fingerprint density at radius 3 is 2.61 bits per heavy atom. The molecule has 23 heavy (non-hydrogen) atoms. The number of rotatable bonds is 3. The van der Waals surface area contributed by atoms with Crippen LogP contribution < -0.4 is 10.6 Å². The standard InChI is InChI=1S/C15H14F2N4O2/c16-10-2-1-8(5-11(10)17)13-6-9(22)7-21(13)14-4-3-12(15(18)23)19-20-14/h1-5,9,13,22H,6-7H2,(H2,18,23)/t9-,13+/m1/s1. The minimum absolute atomic E-state index is 0.0258. The zero-order valence-electron chi connectivity index (χ0n) is 12.0. The third-order valence-electron chi connectivity index (χ3n) is 3.80. The second-order valence-corrected chi connectivity index (χ2v) is 5.37. The van der Waals surface area contributed by atoms with Gasteiger partial charge >= 0.3 is 0 Å². The summed E-state index contributed by atoms with van der Waals surface area (Å²) in [5.74, 6) is -2.15. The van der Waals surface area contributed by atoms with Crippen LogP contribution in [0.25, 0.3) is 0 Å². The van der Waals surface area contributed by atoms with Gasteiger partial charge in [0.15, 0.2) is 23.1 Å². The summed E-state index contributed by atoms with van der Waals surface area (Å²) in [6.45, 7) is 0.272. The number of halogens is 2. The SMILES string of the molecule is NC(=O)c1ccc(N2C[C@H](O)C[C@H]2c2ccc(F)c(F)c2)nn1. The predicted octanol–water partition coefficient (Wildman–Crippen LogP) is 1.17. The first kappa shape index (κ1) is 15.3. The van der Waals surface area contributed by atoms with E-state index in [-0.39, 0.29) is 18.3 Å². The molecule has 6 nitrogen and oxygen atoms in total. The number of carbonyl (C=O) groups is 1. The highest BCUT2D eigenvalue weighted by Gasteiger charge is 2.33. The molecule has 120 valence electrons. The van der Waals surface area contributed by atoms with Crippen molar-refractivity contribution in [2.75, 3.05) is 11.4 Å². The van der Waals surface area contributed by atoms with Crippen LogP contribution in [-0.2, 0) is 0 Å². The molecular formula is C15H14F2N4O2. The molecule has 1 aliphatic heterocycles. The summed E-state index contributed by atoms with van der Waals surface area (Å²) in [5.41, 5.74) is 5.67. The summed E-state index contributed by atoms with van der Waals surface area (Å²) in [5, 5.41) is 17.6. The molecule has 0 unspecified atom stereocenters. The number of aromatic nitrogens is 2. The van der Waals surface area contributed by atoms with Crippen molar-refractivity contribution in [3.8, 4) is 0 Å². The third-order valence-corrected chi connectivity index (χ3v) is 3.80. The molecule has 2 aromatic rings. The Bertz CT molecular complexity index is 739. The van der Waals surface area contributed by atoms with Gasteiger partial charge in [-0.05, 0) is 36.2 Å². The fraction of sp³-hybridized carbons (Fsp3) is 0.267. The molecule has 1 fully saturated rings. The monoisotopic (exact) mass is 320 g/mol. The highest BCUT2D eigenvalue weighted by molar-refractivity contribution is 5.90. The number of carbonyl (C=O) groups excluding carboxylic acids is 1. The first-order valence-corrected chi connectivity index (χ1v) is 6.99. The summed E-state index contributed by atoms with van der Waals surface area (Å²) in [4.78, 5) is 12.8. The van der Waals surface area contributed by atoms with Crippen molar-refractivity contribution in [1.29, 1.82) is 0 Å². The molecule has 1 amide bonds. The van der Waals surface area contributed by atoms with E-state index in [2.05, 4.69) is 10.2 Å². The van der Waals surface area contributed by atoms with Crippen LogP contribution in [0.1, 0.15) is 28.5 Å². The lowest BCUT2D eigenvalue weighted by Crippen LogP contribution is -2.26. The summed E-state index contributed by atoms with van der Waals surface area (Å²) in [6.07, 6.45) is -0.282. The van der Waals surface area contributed by atoms with Gasteiger partial charge in [0, 0.05) is 6.54 Å². The maximum Gasteiger partial charge on any atom is 0.269 e. The van der Waals surface area contributed by atoms with E-state index in [4.69, 9.17) is 5.73 Å². The highest BCUT2D eigenvalue weighted by atomic mass is 19.2.